The molecule has 5 rings (SSSR count). The van der Waals surface area contributed by atoms with Crippen LogP contribution in [0.15, 0.2) is 91.1 Å². The van der Waals surface area contributed by atoms with Crippen molar-refractivity contribution >= 4 is 23.0 Å². The van der Waals surface area contributed by atoms with Crippen LogP contribution in [0.25, 0.3) is 5.69 Å². The smallest absolute Gasteiger partial charge is 0.174 e. The lowest BCUT2D eigenvalue weighted by Gasteiger charge is -2.29. The maximum absolute atomic E-state index is 5.85. The third kappa shape index (κ3) is 3.51. The number of anilines is 1. The molecule has 154 valence electrons. The number of para-hydroxylation sites is 1. The third-order valence-electron chi connectivity index (χ3n) is 5.83. The molecule has 4 nitrogen and oxygen atoms in total. The third-order valence-corrected chi connectivity index (χ3v) is 6.15. The molecule has 5 heteroatoms. The van der Waals surface area contributed by atoms with Gasteiger partial charge in [0.05, 0.1) is 11.7 Å². The summed E-state index contributed by atoms with van der Waals surface area (Å²) in [6, 6.07) is 29.3. The predicted octanol–water partition coefficient (Wildman–Crippen LogP) is 5.67. The molecule has 1 aliphatic rings. The van der Waals surface area contributed by atoms with Crippen LogP contribution < -0.4 is 10.2 Å². The van der Waals surface area contributed by atoms with Gasteiger partial charge in [0, 0.05) is 29.0 Å². The quantitative estimate of drug-likeness (QED) is 0.428. The monoisotopic (exact) mass is 424 g/mol. The first-order valence-electron chi connectivity index (χ1n) is 10.4. The zero-order valence-electron chi connectivity index (χ0n) is 17.6. The first-order chi connectivity index (χ1) is 15.1. The highest BCUT2D eigenvalue weighted by atomic mass is 32.1. The minimum Gasteiger partial charge on any atom is -0.351 e. The summed E-state index contributed by atoms with van der Waals surface area (Å²) in [7, 11) is 0. The number of rotatable bonds is 4. The van der Waals surface area contributed by atoms with Crippen molar-refractivity contribution in [1.29, 1.82) is 0 Å². The SMILES string of the molecule is Cc1ccc(N2C(=S)N[C@@H](c3ccccn3)[C@H]2c2ccc(C)n2-c2ccccc2)cc1. The summed E-state index contributed by atoms with van der Waals surface area (Å²) in [5.41, 5.74) is 6.77. The van der Waals surface area contributed by atoms with Gasteiger partial charge in [0.15, 0.2) is 5.11 Å². The second kappa shape index (κ2) is 8.00. The average molecular weight is 425 g/mol. The Balaban J connectivity index is 1.70. The van der Waals surface area contributed by atoms with E-state index in [-0.39, 0.29) is 12.1 Å². The van der Waals surface area contributed by atoms with Gasteiger partial charge in [0.1, 0.15) is 6.04 Å². The lowest BCUT2D eigenvalue weighted by atomic mass is 10.0. The fourth-order valence-electron chi connectivity index (χ4n) is 4.36. The molecule has 1 aliphatic heterocycles. The number of pyridine rings is 1. The molecule has 31 heavy (non-hydrogen) atoms. The van der Waals surface area contributed by atoms with Gasteiger partial charge in [-0.1, -0.05) is 42.0 Å². The number of nitrogens with zero attached hydrogens (tertiary/aromatic N) is 3. The van der Waals surface area contributed by atoms with Gasteiger partial charge in [0.2, 0.25) is 0 Å². The summed E-state index contributed by atoms with van der Waals surface area (Å²) >= 11 is 5.85. The van der Waals surface area contributed by atoms with E-state index in [9.17, 15) is 0 Å². The Morgan fingerprint density at radius 3 is 2.26 bits per heavy atom. The first-order valence-corrected chi connectivity index (χ1v) is 10.9. The van der Waals surface area contributed by atoms with Crippen molar-refractivity contribution in [3.63, 3.8) is 0 Å². The van der Waals surface area contributed by atoms with Crippen molar-refractivity contribution in [2.75, 3.05) is 4.90 Å². The molecule has 0 aliphatic carbocycles. The Kier molecular flexibility index (Phi) is 5.04. The van der Waals surface area contributed by atoms with E-state index in [0.717, 1.165) is 17.1 Å². The molecule has 2 aromatic heterocycles. The maximum atomic E-state index is 5.85. The van der Waals surface area contributed by atoms with E-state index in [1.165, 1.54) is 17.0 Å². The fraction of sp³-hybridized carbons (Fsp3) is 0.154. The van der Waals surface area contributed by atoms with E-state index in [4.69, 9.17) is 12.2 Å². The van der Waals surface area contributed by atoms with Crippen LogP contribution in [0, 0.1) is 13.8 Å². The molecule has 2 atom stereocenters. The van der Waals surface area contributed by atoms with Crippen LogP contribution in [0.4, 0.5) is 5.69 Å². The van der Waals surface area contributed by atoms with Gasteiger partial charge >= 0.3 is 0 Å². The van der Waals surface area contributed by atoms with Crippen molar-refractivity contribution in [2.24, 2.45) is 0 Å². The Bertz CT molecular complexity index is 1200. The fourth-order valence-corrected chi connectivity index (χ4v) is 4.70. The van der Waals surface area contributed by atoms with Crippen molar-refractivity contribution in [3.05, 3.63) is 114 Å². The largest absolute Gasteiger partial charge is 0.351 e. The molecule has 1 fully saturated rings. The van der Waals surface area contributed by atoms with Crippen LogP contribution in [0.1, 0.15) is 34.7 Å². The number of nitrogens with one attached hydrogen (secondary N) is 1. The molecule has 0 unspecified atom stereocenters. The molecule has 0 radical (unpaired) electrons. The average Bonchev–Trinajstić information content (AvgIpc) is 3.35. The molecule has 0 bridgehead atoms. The number of aromatic nitrogens is 2. The zero-order valence-corrected chi connectivity index (χ0v) is 18.4. The Morgan fingerprint density at radius 1 is 0.806 bits per heavy atom. The molecular weight excluding hydrogens is 400 g/mol. The minimum absolute atomic E-state index is 0.0426. The van der Waals surface area contributed by atoms with E-state index >= 15 is 0 Å². The van der Waals surface area contributed by atoms with Crippen molar-refractivity contribution in [2.45, 2.75) is 25.9 Å². The van der Waals surface area contributed by atoms with Crippen LogP contribution >= 0.6 is 12.2 Å². The lowest BCUT2D eigenvalue weighted by Crippen LogP contribution is -2.30. The number of thiocarbonyl (C=S) groups is 1. The lowest BCUT2D eigenvalue weighted by molar-refractivity contribution is 0.548. The highest BCUT2D eigenvalue weighted by Crippen LogP contribution is 2.42. The summed E-state index contributed by atoms with van der Waals surface area (Å²) in [5.74, 6) is 0. The van der Waals surface area contributed by atoms with Gasteiger partial charge in [-0.05, 0) is 74.6 Å². The maximum Gasteiger partial charge on any atom is 0.174 e. The summed E-state index contributed by atoms with van der Waals surface area (Å²) < 4.78 is 2.32. The van der Waals surface area contributed by atoms with E-state index < -0.39 is 0 Å². The number of aryl methyl sites for hydroxylation is 2. The van der Waals surface area contributed by atoms with E-state index in [1.54, 1.807) is 0 Å². The van der Waals surface area contributed by atoms with Crippen LogP contribution in [-0.2, 0) is 0 Å². The van der Waals surface area contributed by atoms with Crippen LogP contribution in [0.3, 0.4) is 0 Å². The van der Waals surface area contributed by atoms with Crippen molar-refractivity contribution in [3.8, 4) is 5.69 Å². The second-order valence-corrected chi connectivity index (χ2v) is 8.29. The van der Waals surface area contributed by atoms with Gasteiger partial charge in [-0.25, -0.2) is 0 Å². The highest BCUT2D eigenvalue weighted by Gasteiger charge is 2.42. The van der Waals surface area contributed by atoms with Crippen LogP contribution in [0.2, 0.25) is 0 Å². The van der Waals surface area contributed by atoms with Crippen molar-refractivity contribution in [1.82, 2.24) is 14.9 Å². The topological polar surface area (TPSA) is 33.1 Å². The summed E-state index contributed by atoms with van der Waals surface area (Å²) in [5, 5.41) is 4.26. The summed E-state index contributed by atoms with van der Waals surface area (Å²) in [6.45, 7) is 4.24. The molecule has 1 saturated heterocycles. The number of hydrogen-bond donors (Lipinski definition) is 1. The predicted molar refractivity (Wildman–Crippen MR) is 130 cm³/mol. The van der Waals surface area contributed by atoms with E-state index in [0.29, 0.717) is 5.11 Å². The van der Waals surface area contributed by atoms with E-state index in [1.807, 2.05) is 24.4 Å². The van der Waals surface area contributed by atoms with Gasteiger partial charge in [0.25, 0.3) is 0 Å². The van der Waals surface area contributed by atoms with Crippen molar-refractivity contribution < 1.29 is 0 Å². The number of hydrogen-bond acceptors (Lipinski definition) is 2. The molecule has 0 saturated carbocycles. The molecule has 1 N–H and O–H groups in total. The summed E-state index contributed by atoms with van der Waals surface area (Å²) in [6.07, 6.45) is 1.84. The molecule has 2 aromatic carbocycles. The Hall–Kier alpha value is -3.44. The minimum atomic E-state index is -0.0632. The van der Waals surface area contributed by atoms with E-state index in [2.05, 4.69) is 100 Å². The second-order valence-electron chi connectivity index (χ2n) is 7.90. The Morgan fingerprint density at radius 2 is 1.55 bits per heavy atom. The molecule has 0 spiro atoms. The summed E-state index contributed by atoms with van der Waals surface area (Å²) in [4.78, 5) is 6.89. The zero-order chi connectivity index (χ0) is 21.4. The van der Waals surface area contributed by atoms with Gasteiger partial charge in [-0.15, -0.1) is 0 Å². The highest BCUT2D eigenvalue weighted by molar-refractivity contribution is 7.80. The molecule has 4 aromatic rings. The first kappa shape index (κ1) is 19.5. The molecule has 0 amide bonds. The van der Waals surface area contributed by atoms with Crippen LogP contribution in [0.5, 0.6) is 0 Å². The molecule has 3 heterocycles. The standard InChI is InChI=1S/C26H24N4S/c1-18-11-14-21(15-12-18)30-25(24(28-26(30)31)22-10-6-7-17-27-22)23-16-13-19(2)29(23)20-8-4-3-5-9-20/h3-17,24-25H,1-2H3,(H,28,31)/t24-,25+/m0/s1. The number of benzene rings is 2. The molecular formula is C26H24N4S. The van der Waals surface area contributed by atoms with Crippen LogP contribution in [-0.4, -0.2) is 14.7 Å². The van der Waals surface area contributed by atoms with Gasteiger partial charge in [-0.3, -0.25) is 4.98 Å². The van der Waals surface area contributed by atoms with Gasteiger partial charge in [-0.2, -0.15) is 0 Å². The normalized spacial score (nSPS) is 18.3. The Labute approximate surface area is 188 Å². The van der Waals surface area contributed by atoms with Gasteiger partial charge < -0.3 is 14.8 Å².